The third-order valence-electron chi connectivity index (χ3n) is 5.52. The van der Waals surface area contributed by atoms with Crippen molar-refractivity contribution in [3.05, 3.63) is 77.5 Å². The molecule has 0 aliphatic rings. The lowest BCUT2D eigenvalue weighted by molar-refractivity contribution is -0.124. The van der Waals surface area contributed by atoms with E-state index in [4.69, 9.17) is 20.6 Å². The first-order valence-corrected chi connectivity index (χ1v) is 12.8. The number of nitrogens with one attached hydrogen (secondary N) is 5. The van der Waals surface area contributed by atoms with Crippen LogP contribution in [0.25, 0.3) is 0 Å². The van der Waals surface area contributed by atoms with E-state index in [0.29, 0.717) is 52.8 Å². The molecule has 39 heavy (non-hydrogen) atoms. The minimum Gasteiger partial charge on any atom is -0.490 e. The summed E-state index contributed by atoms with van der Waals surface area (Å²) < 4.78 is 11.7. The van der Waals surface area contributed by atoms with Crippen molar-refractivity contribution in [2.45, 2.75) is 46.1 Å². The first kappa shape index (κ1) is 29.2. The van der Waals surface area contributed by atoms with Crippen LogP contribution in [0.1, 0.15) is 56.7 Å². The van der Waals surface area contributed by atoms with Gasteiger partial charge in [0.05, 0.1) is 12.7 Å². The molecule has 1 heterocycles. The maximum absolute atomic E-state index is 13.5. The number of rotatable bonds is 14. The summed E-state index contributed by atoms with van der Waals surface area (Å²) in [5.74, 6) is 1.19. The van der Waals surface area contributed by atoms with Crippen molar-refractivity contribution >= 4 is 23.2 Å². The number of pyridine rings is 1. The van der Waals surface area contributed by atoms with Crippen LogP contribution < -0.4 is 36.7 Å². The highest BCUT2D eigenvalue weighted by molar-refractivity contribution is 5.95. The van der Waals surface area contributed by atoms with Crippen molar-refractivity contribution in [1.82, 2.24) is 15.8 Å². The van der Waals surface area contributed by atoms with E-state index in [2.05, 4.69) is 26.5 Å². The molecular formula is C28H37N7O4. The average molecular weight is 536 g/mol. The van der Waals surface area contributed by atoms with E-state index in [0.717, 1.165) is 0 Å². The quantitative estimate of drug-likeness (QED) is 0.0708. The van der Waals surface area contributed by atoms with Gasteiger partial charge in [0, 0.05) is 29.6 Å². The first-order chi connectivity index (χ1) is 18.7. The van der Waals surface area contributed by atoms with Gasteiger partial charge in [-0.05, 0) is 81.8 Å². The molecule has 11 heteroatoms. The maximum atomic E-state index is 13.5. The maximum Gasteiger partial charge on any atom is 0.261 e. The fourth-order valence-corrected chi connectivity index (χ4v) is 3.73. The molecule has 3 rings (SSSR count). The zero-order valence-electron chi connectivity index (χ0n) is 22.6. The van der Waals surface area contributed by atoms with Gasteiger partial charge in [-0.2, -0.15) is 0 Å². The number of nitrogen functional groups attached to an aromatic ring is 1. The van der Waals surface area contributed by atoms with Crippen molar-refractivity contribution in [2.75, 3.05) is 23.8 Å². The summed E-state index contributed by atoms with van der Waals surface area (Å²) in [5, 5.41) is 24.6. The SMILES string of the molecule is CCNc1cc(C(O)NNC(=O)C(Nc2ccc(C(=N)N)cc2)c2ccc(OC(C)C)c(OCC)c2)ccn1. The first-order valence-electron chi connectivity index (χ1n) is 12.8. The molecular weight excluding hydrogens is 498 g/mol. The van der Waals surface area contributed by atoms with Gasteiger partial charge in [0.15, 0.2) is 11.5 Å². The Labute approximate surface area is 228 Å². The number of hydrazine groups is 1. The van der Waals surface area contributed by atoms with Gasteiger partial charge in [0.25, 0.3) is 5.91 Å². The highest BCUT2D eigenvalue weighted by Gasteiger charge is 2.24. The van der Waals surface area contributed by atoms with Gasteiger partial charge >= 0.3 is 0 Å². The standard InChI is InChI=1S/C28H37N7O4/c1-5-31-24-16-20(13-14-32-24)27(36)34-35-28(37)25(33-21-10-7-18(8-11-21)26(29)30)19-9-12-22(39-17(3)4)23(15-19)38-6-2/h7-17,25,27,33-34,36H,5-6H2,1-4H3,(H3,29,30)(H,31,32)(H,35,37). The van der Waals surface area contributed by atoms with Crippen molar-refractivity contribution < 1.29 is 19.4 Å². The Kier molecular flexibility index (Phi) is 10.5. The monoisotopic (exact) mass is 535 g/mol. The summed E-state index contributed by atoms with van der Waals surface area (Å²) >= 11 is 0. The highest BCUT2D eigenvalue weighted by atomic mass is 16.5. The minimum atomic E-state index is -1.18. The van der Waals surface area contributed by atoms with Crippen LogP contribution in [-0.2, 0) is 4.79 Å². The van der Waals surface area contributed by atoms with Gasteiger partial charge in [-0.3, -0.25) is 15.6 Å². The van der Waals surface area contributed by atoms with Gasteiger partial charge in [0.2, 0.25) is 0 Å². The summed E-state index contributed by atoms with van der Waals surface area (Å²) in [6, 6.07) is 14.6. The van der Waals surface area contributed by atoms with E-state index in [9.17, 15) is 9.90 Å². The van der Waals surface area contributed by atoms with Crippen LogP contribution >= 0.6 is 0 Å². The molecule has 1 aromatic heterocycles. The molecule has 0 spiro atoms. The summed E-state index contributed by atoms with van der Waals surface area (Å²) in [6.45, 7) is 8.77. The number of amides is 1. The Morgan fingerprint density at radius 2 is 1.79 bits per heavy atom. The predicted molar refractivity (Wildman–Crippen MR) is 152 cm³/mol. The molecule has 0 saturated carbocycles. The second-order valence-corrected chi connectivity index (χ2v) is 8.92. The topological polar surface area (TPSA) is 167 Å². The number of hydrogen-bond acceptors (Lipinski definition) is 9. The molecule has 8 N–H and O–H groups in total. The lowest BCUT2D eigenvalue weighted by atomic mass is 10.0. The zero-order chi connectivity index (χ0) is 28.4. The third-order valence-corrected chi connectivity index (χ3v) is 5.52. The van der Waals surface area contributed by atoms with E-state index >= 15 is 0 Å². The zero-order valence-corrected chi connectivity index (χ0v) is 22.6. The molecule has 0 radical (unpaired) electrons. The molecule has 3 aromatic rings. The second kappa shape index (κ2) is 14.0. The summed E-state index contributed by atoms with van der Waals surface area (Å²) in [5.41, 5.74) is 13.2. The summed E-state index contributed by atoms with van der Waals surface area (Å²) in [6.07, 6.45) is 0.343. The van der Waals surface area contributed by atoms with Crippen molar-refractivity contribution in [3.63, 3.8) is 0 Å². The Hall–Kier alpha value is -4.35. The fraction of sp³-hybridized carbons (Fsp3) is 0.321. The van der Waals surface area contributed by atoms with Crippen LogP contribution in [0.5, 0.6) is 11.5 Å². The molecule has 11 nitrogen and oxygen atoms in total. The molecule has 1 amide bonds. The van der Waals surface area contributed by atoms with Crippen LogP contribution in [0.15, 0.2) is 60.8 Å². The molecule has 208 valence electrons. The highest BCUT2D eigenvalue weighted by Crippen LogP contribution is 2.33. The Morgan fingerprint density at radius 3 is 2.44 bits per heavy atom. The van der Waals surface area contributed by atoms with Crippen LogP contribution in [-0.4, -0.2) is 41.1 Å². The number of ether oxygens (including phenoxy) is 2. The number of anilines is 2. The van der Waals surface area contributed by atoms with Crippen LogP contribution in [0, 0.1) is 5.41 Å². The number of nitrogens with zero attached hydrogens (tertiary/aromatic N) is 1. The van der Waals surface area contributed by atoms with Gasteiger partial charge in [0.1, 0.15) is 23.9 Å². The number of carbonyl (C=O) groups excluding carboxylic acids is 1. The number of amidine groups is 1. The third kappa shape index (κ3) is 8.32. The predicted octanol–water partition coefficient (Wildman–Crippen LogP) is 3.45. The molecule has 2 unspecified atom stereocenters. The van der Waals surface area contributed by atoms with E-state index in [1.165, 1.54) is 0 Å². The van der Waals surface area contributed by atoms with Gasteiger partial charge in [-0.15, -0.1) is 0 Å². The van der Waals surface area contributed by atoms with Crippen molar-refractivity contribution in [3.8, 4) is 11.5 Å². The van der Waals surface area contributed by atoms with Crippen LogP contribution in [0.3, 0.4) is 0 Å². The number of nitrogens with two attached hydrogens (primary N) is 1. The largest absolute Gasteiger partial charge is 0.490 e. The Morgan fingerprint density at radius 1 is 1.05 bits per heavy atom. The van der Waals surface area contributed by atoms with E-state index in [1.807, 2.05) is 27.7 Å². The number of hydrogen-bond donors (Lipinski definition) is 7. The van der Waals surface area contributed by atoms with E-state index in [-0.39, 0.29) is 11.9 Å². The molecule has 2 atom stereocenters. The Bertz CT molecular complexity index is 1250. The number of benzene rings is 2. The van der Waals surface area contributed by atoms with Gasteiger partial charge in [-0.1, -0.05) is 6.07 Å². The fourth-order valence-electron chi connectivity index (χ4n) is 3.73. The van der Waals surface area contributed by atoms with Crippen LogP contribution in [0.4, 0.5) is 11.5 Å². The molecule has 0 fully saturated rings. The number of aromatic nitrogens is 1. The van der Waals surface area contributed by atoms with Crippen molar-refractivity contribution in [1.29, 1.82) is 5.41 Å². The van der Waals surface area contributed by atoms with Crippen molar-refractivity contribution in [2.24, 2.45) is 5.73 Å². The van der Waals surface area contributed by atoms with Crippen LogP contribution in [0.2, 0.25) is 0 Å². The number of aliphatic hydroxyl groups excluding tert-OH is 1. The van der Waals surface area contributed by atoms with Gasteiger partial charge < -0.3 is 30.9 Å². The van der Waals surface area contributed by atoms with E-state index < -0.39 is 18.2 Å². The summed E-state index contributed by atoms with van der Waals surface area (Å²) in [4.78, 5) is 17.7. The number of carbonyl (C=O) groups is 1. The molecule has 2 aromatic carbocycles. The average Bonchev–Trinajstić information content (AvgIpc) is 2.91. The summed E-state index contributed by atoms with van der Waals surface area (Å²) in [7, 11) is 0. The molecule has 0 saturated heterocycles. The minimum absolute atomic E-state index is 0.0514. The normalized spacial score (nSPS) is 12.4. The lowest BCUT2D eigenvalue weighted by Crippen LogP contribution is -2.44. The molecule has 0 aliphatic heterocycles. The van der Waals surface area contributed by atoms with E-state index in [1.54, 1.807) is 60.8 Å². The lowest BCUT2D eigenvalue weighted by Gasteiger charge is -2.23. The molecule has 0 aliphatic carbocycles. The number of aliphatic hydroxyl groups is 1. The smallest absolute Gasteiger partial charge is 0.261 e. The molecule has 0 bridgehead atoms. The second-order valence-electron chi connectivity index (χ2n) is 8.92. The Balaban J connectivity index is 1.86. The van der Waals surface area contributed by atoms with Gasteiger partial charge in [-0.25, -0.2) is 10.4 Å².